The molecule has 0 radical (unpaired) electrons. The van der Waals surface area contributed by atoms with Crippen molar-refractivity contribution in [1.82, 2.24) is 9.97 Å². The second-order valence-corrected chi connectivity index (χ2v) is 4.48. The van der Waals surface area contributed by atoms with Crippen LogP contribution in [0.1, 0.15) is 0 Å². The maximum atomic E-state index is 11.8. The third-order valence-corrected chi connectivity index (χ3v) is 3.11. The highest BCUT2D eigenvalue weighted by atomic mass is 32.2. The number of methoxy groups -OCH3 is 1. The summed E-state index contributed by atoms with van der Waals surface area (Å²) >= 11 is 1.11. The molecule has 0 spiro atoms. The van der Waals surface area contributed by atoms with Gasteiger partial charge in [0.2, 0.25) is 0 Å². The minimum atomic E-state index is -0.375. The molecule has 0 aliphatic heterocycles. The van der Waals surface area contributed by atoms with Gasteiger partial charge in [-0.15, -0.1) is 0 Å². The Hall–Kier alpha value is -2.02. The number of hydrogen-bond donors (Lipinski definition) is 2. The van der Waals surface area contributed by atoms with E-state index < -0.39 is 0 Å². The Kier molecular flexibility index (Phi) is 3.52. The first-order chi connectivity index (χ1) is 8.60. The van der Waals surface area contributed by atoms with Gasteiger partial charge in [-0.2, -0.15) is 0 Å². The van der Waals surface area contributed by atoms with Crippen LogP contribution in [-0.4, -0.2) is 28.8 Å². The summed E-state index contributed by atoms with van der Waals surface area (Å²) in [5.74, 6) is -0.278. The summed E-state index contributed by atoms with van der Waals surface area (Å²) in [4.78, 5) is 29.6. The van der Waals surface area contributed by atoms with Crippen LogP contribution in [-0.2, 0) is 9.53 Å². The average Bonchev–Trinajstić information content (AvgIpc) is 2.37. The highest BCUT2D eigenvalue weighted by Crippen LogP contribution is 2.16. The van der Waals surface area contributed by atoms with E-state index in [0.29, 0.717) is 21.7 Å². The molecule has 7 heteroatoms. The summed E-state index contributed by atoms with van der Waals surface area (Å²) in [5, 5.41) is 0.806. The average molecular weight is 265 g/mol. The predicted octanol–water partition coefficient (Wildman–Crippen LogP) is 0.770. The fourth-order valence-corrected chi connectivity index (χ4v) is 2.09. The Morgan fingerprint density at radius 2 is 2.33 bits per heavy atom. The van der Waals surface area contributed by atoms with E-state index in [2.05, 4.69) is 14.7 Å². The number of nitrogens with one attached hydrogen (secondary N) is 1. The highest BCUT2D eigenvalue weighted by Gasteiger charge is 2.07. The summed E-state index contributed by atoms with van der Waals surface area (Å²) in [6, 6.07) is 4.90. The van der Waals surface area contributed by atoms with E-state index in [0.717, 1.165) is 11.8 Å². The zero-order chi connectivity index (χ0) is 13.1. The minimum absolute atomic E-state index is 0.0971. The number of nitrogens with two attached hydrogens (primary N) is 1. The van der Waals surface area contributed by atoms with Crippen molar-refractivity contribution in [3.05, 3.63) is 28.6 Å². The topological polar surface area (TPSA) is 98.1 Å². The third-order valence-electron chi connectivity index (χ3n) is 2.26. The quantitative estimate of drug-likeness (QED) is 0.368. The number of nitrogens with zero attached hydrogens (tertiary/aromatic N) is 1. The number of esters is 1. The van der Waals surface area contributed by atoms with Crippen LogP contribution in [0.4, 0.5) is 5.69 Å². The fraction of sp³-hybridized carbons (Fsp3) is 0.182. The lowest BCUT2D eigenvalue weighted by molar-refractivity contribution is -0.137. The van der Waals surface area contributed by atoms with Gasteiger partial charge in [-0.3, -0.25) is 9.59 Å². The van der Waals surface area contributed by atoms with Crippen LogP contribution < -0.4 is 11.3 Å². The molecule has 18 heavy (non-hydrogen) atoms. The number of aromatic amines is 1. The number of carbonyl (C=O) groups excluding carboxylic acids is 1. The monoisotopic (exact) mass is 265 g/mol. The zero-order valence-electron chi connectivity index (χ0n) is 9.60. The van der Waals surface area contributed by atoms with E-state index >= 15 is 0 Å². The molecular formula is C11H11N3O3S. The van der Waals surface area contributed by atoms with Crippen molar-refractivity contribution >= 4 is 34.3 Å². The van der Waals surface area contributed by atoms with E-state index in [-0.39, 0.29) is 17.3 Å². The molecule has 0 amide bonds. The van der Waals surface area contributed by atoms with Crippen LogP contribution >= 0.6 is 11.8 Å². The summed E-state index contributed by atoms with van der Waals surface area (Å²) in [5.41, 5.74) is 6.37. The molecule has 2 rings (SSSR count). The Morgan fingerprint density at radius 3 is 3.06 bits per heavy atom. The van der Waals surface area contributed by atoms with Crippen LogP contribution in [0.25, 0.3) is 10.9 Å². The van der Waals surface area contributed by atoms with E-state index in [1.807, 2.05) is 0 Å². The molecule has 0 fully saturated rings. The van der Waals surface area contributed by atoms with Crippen molar-refractivity contribution in [3.8, 4) is 0 Å². The van der Waals surface area contributed by atoms with Crippen LogP contribution in [0.15, 0.2) is 28.2 Å². The molecular weight excluding hydrogens is 254 g/mol. The zero-order valence-corrected chi connectivity index (χ0v) is 10.4. The fourth-order valence-electron chi connectivity index (χ4n) is 1.39. The Morgan fingerprint density at radius 1 is 1.56 bits per heavy atom. The number of ether oxygens (including phenoxy) is 1. The second kappa shape index (κ2) is 5.09. The van der Waals surface area contributed by atoms with Gasteiger partial charge in [-0.25, -0.2) is 4.98 Å². The van der Waals surface area contributed by atoms with Crippen LogP contribution in [0.3, 0.4) is 0 Å². The first-order valence-corrected chi connectivity index (χ1v) is 6.08. The number of aromatic nitrogens is 2. The molecule has 1 aromatic heterocycles. The smallest absolute Gasteiger partial charge is 0.316 e. The maximum absolute atomic E-state index is 11.8. The van der Waals surface area contributed by atoms with Crippen molar-refractivity contribution in [2.75, 3.05) is 18.6 Å². The summed E-state index contributed by atoms with van der Waals surface area (Å²) in [6.07, 6.45) is 0. The maximum Gasteiger partial charge on any atom is 0.316 e. The second-order valence-electron chi connectivity index (χ2n) is 3.51. The number of H-pyrrole nitrogens is 1. The molecule has 0 aliphatic rings. The van der Waals surface area contributed by atoms with Crippen LogP contribution in [0.2, 0.25) is 0 Å². The van der Waals surface area contributed by atoms with Crippen molar-refractivity contribution in [3.63, 3.8) is 0 Å². The van der Waals surface area contributed by atoms with Crippen molar-refractivity contribution < 1.29 is 9.53 Å². The first-order valence-electron chi connectivity index (χ1n) is 5.09. The summed E-state index contributed by atoms with van der Waals surface area (Å²) in [6.45, 7) is 0. The van der Waals surface area contributed by atoms with Gasteiger partial charge < -0.3 is 15.5 Å². The van der Waals surface area contributed by atoms with Gasteiger partial charge >= 0.3 is 5.97 Å². The normalized spacial score (nSPS) is 10.5. The number of fused-ring (bicyclic) bond motifs is 1. The molecule has 2 aromatic rings. The number of hydrogen-bond acceptors (Lipinski definition) is 6. The number of anilines is 1. The van der Waals surface area contributed by atoms with E-state index in [1.54, 1.807) is 18.2 Å². The molecule has 0 bridgehead atoms. The molecule has 3 N–H and O–H groups in total. The number of carbonyl (C=O) groups is 1. The van der Waals surface area contributed by atoms with Crippen molar-refractivity contribution in [1.29, 1.82) is 0 Å². The van der Waals surface area contributed by atoms with Crippen LogP contribution in [0, 0.1) is 0 Å². The van der Waals surface area contributed by atoms with Gasteiger partial charge in [0, 0.05) is 5.69 Å². The Bertz CT molecular complexity index is 654. The molecule has 0 saturated heterocycles. The van der Waals surface area contributed by atoms with Gasteiger partial charge in [-0.1, -0.05) is 11.8 Å². The number of nitrogen functional groups attached to an aromatic ring is 1. The minimum Gasteiger partial charge on any atom is -0.468 e. The van der Waals surface area contributed by atoms with Crippen molar-refractivity contribution in [2.45, 2.75) is 5.16 Å². The van der Waals surface area contributed by atoms with Gasteiger partial charge in [0.1, 0.15) is 0 Å². The first kappa shape index (κ1) is 12.4. The van der Waals surface area contributed by atoms with Gasteiger partial charge in [0.05, 0.1) is 23.8 Å². The summed E-state index contributed by atoms with van der Waals surface area (Å²) < 4.78 is 4.51. The molecule has 1 aromatic carbocycles. The standard InChI is InChI=1S/C11H11N3O3S/c1-17-9(15)5-18-11-13-8-3-2-6(12)4-7(8)10(16)14-11/h2-4H,5,12H2,1H3,(H,13,14,16). The molecule has 94 valence electrons. The van der Waals surface area contributed by atoms with Gasteiger partial charge in [0.15, 0.2) is 5.16 Å². The van der Waals surface area contributed by atoms with E-state index in [9.17, 15) is 9.59 Å². The lowest BCUT2D eigenvalue weighted by Gasteiger charge is -2.02. The van der Waals surface area contributed by atoms with Crippen LogP contribution in [0.5, 0.6) is 0 Å². The third kappa shape index (κ3) is 2.62. The molecule has 6 nitrogen and oxygen atoms in total. The molecule has 0 aliphatic carbocycles. The number of thioether (sulfide) groups is 1. The Labute approximate surface area is 107 Å². The Balaban J connectivity index is 2.34. The SMILES string of the molecule is COC(=O)CSc1nc2ccc(N)cc2c(=O)[nH]1. The number of benzene rings is 1. The lowest BCUT2D eigenvalue weighted by atomic mass is 10.2. The number of rotatable bonds is 3. The van der Waals surface area contributed by atoms with Gasteiger partial charge in [-0.05, 0) is 18.2 Å². The molecule has 0 atom stereocenters. The van der Waals surface area contributed by atoms with Crippen molar-refractivity contribution in [2.24, 2.45) is 0 Å². The van der Waals surface area contributed by atoms with E-state index in [1.165, 1.54) is 7.11 Å². The summed E-state index contributed by atoms with van der Waals surface area (Å²) in [7, 11) is 1.31. The largest absolute Gasteiger partial charge is 0.468 e. The molecule has 0 unspecified atom stereocenters. The molecule has 1 heterocycles. The molecule has 0 saturated carbocycles. The lowest BCUT2D eigenvalue weighted by Crippen LogP contribution is -2.11. The predicted molar refractivity (Wildman–Crippen MR) is 69.5 cm³/mol. The van der Waals surface area contributed by atoms with E-state index in [4.69, 9.17) is 5.73 Å². The van der Waals surface area contributed by atoms with Gasteiger partial charge in [0.25, 0.3) is 5.56 Å². The highest BCUT2D eigenvalue weighted by molar-refractivity contribution is 7.99.